The summed E-state index contributed by atoms with van der Waals surface area (Å²) in [7, 11) is 0. The Labute approximate surface area is 77.4 Å². The highest BCUT2D eigenvalue weighted by molar-refractivity contribution is 5.42. The van der Waals surface area contributed by atoms with Gasteiger partial charge in [0.05, 0.1) is 0 Å². The van der Waals surface area contributed by atoms with Crippen LogP contribution in [-0.4, -0.2) is 18.3 Å². The van der Waals surface area contributed by atoms with Crippen LogP contribution in [0.3, 0.4) is 0 Å². The molecule has 0 bridgehead atoms. The summed E-state index contributed by atoms with van der Waals surface area (Å²) >= 11 is 0. The highest BCUT2D eigenvalue weighted by Gasteiger charge is 1.93. The van der Waals surface area contributed by atoms with E-state index in [0.29, 0.717) is 0 Å². The molecule has 2 N–H and O–H groups in total. The summed E-state index contributed by atoms with van der Waals surface area (Å²) in [6.07, 6.45) is 1.68. The molecule has 0 aromatic heterocycles. The number of nitrogens with one attached hydrogen (secondary N) is 1. The van der Waals surface area contributed by atoms with Crippen LogP contribution < -0.4 is 5.32 Å². The van der Waals surface area contributed by atoms with Gasteiger partial charge in [0.25, 0.3) is 0 Å². The van der Waals surface area contributed by atoms with Crippen LogP contribution in [0.2, 0.25) is 0 Å². The summed E-state index contributed by atoms with van der Waals surface area (Å²) in [5.41, 5.74) is 0.790. The Kier molecular flexibility index (Phi) is 4.26. The number of benzene rings is 1. The van der Waals surface area contributed by atoms with Gasteiger partial charge in [0, 0.05) is 18.8 Å². The fourth-order valence-electron chi connectivity index (χ4n) is 1.07. The standard InChI is InChI=1S/C10H14FNO/c11-9-4-3-5-10(8-9)12-6-1-2-7-13/h3-5,8,12-13H,1-2,6-7H2. The molecule has 1 aromatic carbocycles. The molecule has 0 saturated carbocycles. The number of hydrogen-bond acceptors (Lipinski definition) is 2. The van der Waals surface area contributed by atoms with E-state index in [9.17, 15) is 4.39 Å². The van der Waals surface area contributed by atoms with Crippen molar-refractivity contribution in [3.63, 3.8) is 0 Å². The quantitative estimate of drug-likeness (QED) is 0.684. The van der Waals surface area contributed by atoms with Gasteiger partial charge in [-0.05, 0) is 31.0 Å². The minimum absolute atomic E-state index is 0.213. The first-order valence-corrected chi connectivity index (χ1v) is 4.43. The van der Waals surface area contributed by atoms with E-state index in [1.54, 1.807) is 6.07 Å². The fourth-order valence-corrected chi connectivity index (χ4v) is 1.07. The summed E-state index contributed by atoms with van der Waals surface area (Å²) < 4.78 is 12.7. The third kappa shape index (κ3) is 3.90. The second kappa shape index (κ2) is 5.54. The molecular formula is C10H14FNO. The Morgan fingerprint density at radius 1 is 1.31 bits per heavy atom. The van der Waals surface area contributed by atoms with E-state index in [2.05, 4.69) is 5.32 Å². The second-order valence-corrected chi connectivity index (χ2v) is 2.87. The number of anilines is 1. The van der Waals surface area contributed by atoms with Gasteiger partial charge in [-0.2, -0.15) is 0 Å². The average Bonchev–Trinajstić information content (AvgIpc) is 2.13. The first-order chi connectivity index (χ1) is 6.33. The van der Waals surface area contributed by atoms with Gasteiger partial charge >= 0.3 is 0 Å². The maximum Gasteiger partial charge on any atom is 0.125 e. The number of unbranched alkanes of at least 4 members (excludes halogenated alkanes) is 1. The predicted octanol–water partition coefficient (Wildman–Crippen LogP) is 2.01. The number of halogens is 1. The summed E-state index contributed by atoms with van der Waals surface area (Å²) in [6, 6.07) is 6.36. The summed E-state index contributed by atoms with van der Waals surface area (Å²) in [6.45, 7) is 0.981. The van der Waals surface area contributed by atoms with Crippen LogP contribution >= 0.6 is 0 Å². The van der Waals surface area contributed by atoms with Crippen molar-refractivity contribution in [3.05, 3.63) is 30.1 Å². The molecule has 0 amide bonds. The van der Waals surface area contributed by atoms with Gasteiger partial charge in [-0.1, -0.05) is 6.07 Å². The lowest BCUT2D eigenvalue weighted by Gasteiger charge is -2.04. The summed E-state index contributed by atoms with van der Waals surface area (Å²) in [5.74, 6) is -0.229. The Balaban J connectivity index is 2.28. The van der Waals surface area contributed by atoms with Crippen molar-refractivity contribution < 1.29 is 9.50 Å². The number of rotatable bonds is 5. The van der Waals surface area contributed by atoms with Gasteiger partial charge in [0.2, 0.25) is 0 Å². The third-order valence-electron chi connectivity index (χ3n) is 1.74. The minimum atomic E-state index is -0.229. The zero-order valence-electron chi connectivity index (χ0n) is 7.46. The van der Waals surface area contributed by atoms with E-state index in [1.807, 2.05) is 6.07 Å². The Morgan fingerprint density at radius 3 is 2.85 bits per heavy atom. The predicted molar refractivity (Wildman–Crippen MR) is 51.2 cm³/mol. The van der Waals surface area contributed by atoms with E-state index in [4.69, 9.17) is 5.11 Å². The fraction of sp³-hybridized carbons (Fsp3) is 0.400. The second-order valence-electron chi connectivity index (χ2n) is 2.87. The zero-order valence-corrected chi connectivity index (χ0v) is 7.46. The lowest BCUT2D eigenvalue weighted by atomic mass is 10.3. The van der Waals surface area contributed by atoms with Gasteiger partial charge in [0.1, 0.15) is 5.82 Å². The molecule has 1 aromatic rings. The molecular weight excluding hydrogens is 169 g/mol. The smallest absolute Gasteiger partial charge is 0.125 e. The monoisotopic (exact) mass is 183 g/mol. The van der Waals surface area contributed by atoms with E-state index in [0.717, 1.165) is 25.1 Å². The van der Waals surface area contributed by atoms with Gasteiger partial charge in [-0.15, -0.1) is 0 Å². The molecule has 0 atom stereocenters. The van der Waals surface area contributed by atoms with E-state index in [1.165, 1.54) is 12.1 Å². The molecule has 0 radical (unpaired) electrons. The van der Waals surface area contributed by atoms with Crippen LogP contribution in [0, 0.1) is 5.82 Å². The van der Waals surface area contributed by atoms with Crippen LogP contribution in [0.25, 0.3) is 0 Å². The number of hydrogen-bond donors (Lipinski definition) is 2. The molecule has 0 heterocycles. The van der Waals surface area contributed by atoms with Crippen molar-refractivity contribution in [2.45, 2.75) is 12.8 Å². The summed E-state index contributed by atoms with van der Waals surface area (Å²) in [5, 5.41) is 11.6. The molecule has 1 rings (SSSR count). The molecule has 2 nitrogen and oxygen atoms in total. The van der Waals surface area contributed by atoms with Crippen molar-refractivity contribution in [2.75, 3.05) is 18.5 Å². The maximum absolute atomic E-state index is 12.7. The Morgan fingerprint density at radius 2 is 2.15 bits per heavy atom. The van der Waals surface area contributed by atoms with Crippen LogP contribution in [0.1, 0.15) is 12.8 Å². The third-order valence-corrected chi connectivity index (χ3v) is 1.74. The van der Waals surface area contributed by atoms with Crippen LogP contribution in [0.4, 0.5) is 10.1 Å². The lowest BCUT2D eigenvalue weighted by molar-refractivity contribution is 0.286. The molecule has 13 heavy (non-hydrogen) atoms. The Hall–Kier alpha value is -1.09. The van der Waals surface area contributed by atoms with E-state index >= 15 is 0 Å². The van der Waals surface area contributed by atoms with Crippen molar-refractivity contribution >= 4 is 5.69 Å². The molecule has 0 saturated heterocycles. The average molecular weight is 183 g/mol. The van der Waals surface area contributed by atoms with Crippen molar-refractivity contribution in [1.82, 2.24) is 0 Å². The van der Waals surface area contributed by atoms with Gasteiger partial charge in [-0.25, -0.2) is 4.39 Å². The van der Waals surface area contributed by atoms with Crippen LogP contribution in [0.15, 0.2) is 24.3 Å². The molecule has 3 heteroatoms. The van der Waals surface area contributed by atoms with E-state index in [-0.39, 0.29) is 12.4 Å². The van der Waals surface area contributed by atoms with Crippen molar-refractivity contribution in [3.8, 4) is 0 Å². The first kappa shape index (κ1) is 9.99. The number of aliphatic hydroxyl groups is 1. The molecule has 0 aliphatic rings. The highest BCUT2D eigenvalue weighted by Crippen LogP contribution is 2.08. The van der Waals surface area contributed by atoms with Crippen molar-refractivity contribution in [2.24, 2.45) is 0 Å². The largest absolute Gasteiger partial charge is 0.396 e. The molecule has 0 fully saturated rings. The van der Waals surface area contributed by atoms with Gasteiger partial charge < -0.3 is 10.4 Å². The van der Waals surface area contributed by atoms with Gasteiger partial charge in [-0.3, -0.25) is 0 Å². The Bertz CT molecular complexity index is 252. The summed E-state index contributed by atoms with van der Waals surface area (Å²) in [4.78, 5) is 0. The topological polar surface area (TPSA) is 32.3 Å². The molecule has 0 aliphatic heterocycles. The molecule has 0 spiro atoms. The van der Waals surface area contributed by atoms with E-state index < -0.39 is 0 Å². The number of aliphatic hydroxyl groups excluding tert-OH is 1. The minimum Gasteiger partial charge on any atom is -0.396 e. The molecule has 0 unspecified atom stereocenters. The SMILES string of the molecule is OCCCCNc1cccc(F)c1. The zero-order chi connectivity index (χ0) is 9.52. The van der Waals surface area contributed by atoms with Gasteiger partial charge in [0.15, 0.2) is 0 Å². The lowest BCUT2D eigenvalue weighted by Crippen LogP contribution is -2.02. The highest BCUT2D eigenvalue weighted by atomic mass is 19.1. The molecule has 0 aliphatic carbocycles. The first-order valence-electron chi connectivity index (χ1n) is 4.43. The van der Waals surface area contributed by atoms with Crippen LogP contribution in [-0.2, 0) is 0 Å². The normalized spacial score (nSPS) is 10.0. The van der Waals surface area contributed by atoms with Crippen LogP contribution in [0.5, 0.6) is 0 Å². The van der Waals surface area contributed by atoms with Crippen molar-refractivity contribution in [1.29, 1.82) is 0 Å². The molecule has 72 valence electrons. The maximum atomic E-state index is 12.7.